The molecule has 0 saturated carbocycles. The van der Waals surface area contributed by atoms with Gasteiger partial charge in [-0.15, -0.1) is 0 Å². The maximum Gasteiger partial charge on any atom is 0.170 e. The monoisotopic (exact) mass is 334 g/mol. The van der Waals surface area contributed by atoms with Crippen molar-refractivity contribution in [1.29, 1.82) is 0 Å². The van der Waals surface area contributed by atoms with E-state index in [1.807, 2.05) is 42.1 Å². The van der Waals surface area contributed by atoms with Gasteiger partial charge in [0.25, 0.3) is 0 Å². The summed E-state index contributed by atoms with van der Waals surface area (Å²) < 4.78 is 12.5. The molecule has 0 unspecified atom stereocenters. The summed E-state index contributed by atoms with van der Waals surface area (Å²) >= 11 is 5.31. The van der Waals surface area contributed by atoms with Crippen LogP contribution in [0.5, 0.6) is 11.5 Å². The number of nitrogens with one attached hydrogen (secondary N) is 2. The molecule has 23 heavy (non-hydrogen) atoms. The number of methoxy groups -OCH3 is 2. The first-order chi connectivity index (χ1) is 11.1. The quantitative estimate of drug-likeness (QED) is 0.599. The van der Waals surface area contributed by atoms with Crippen LogP contribution in [-0.4, -0.2) is 35.7 Å². The highest BCUT2D eigenvalue weighted by molar-refractivity contribution is 7.80. The highest BCUT2D eigenvalue weighted by atomic mass is 32.1. The number of hydrogen-bond acceptors (Lipinski definition) is 4. The van der Waals surface area contributed by atoms with Gasteiger partial charge in [-0.2, -0.15) is 5.10 Å². The molecule has 0 spiro atoms. The van der Waals surface area contributed by atoms with Gasteiger partial charge in [0.05, 0.1) is 14.2 Å². The Morgan fingerprint density at radius 3 is 2.48 bits per heavy atom. The molecule has 1 aromatic heterocycles. The lowest BCUT2D eigenvalue weighted by molar-refractivity contribution is 0.395. The number of hydrogen-bond donors (Lipinski definition) is 2. The van der Waals surface area contributed by atoms with Crippen molar-refractivity contribution in [2.24, 2.45) is 0 Å². The molecule has 0 aliphatic rings. The lowest BCUT2D eigenvalue weighted by atomic mass is 10.3. The first-order valence-electron chi connectivity index (χ1n) is 7.38. The molecule has 0 amide bonds. The van der Waals surface area contributed by atoms with Crippen molar-refractivity contribution in [2.75, 3.05) is 26.1 Å². The van der Waals surface area contributed by atoms with E-state index in [-0.39, 0.29) is 0 Å². The lowest BCUT2D eigenvalue weighted by Crippen LogP contribution is -2.29. The van der Waals surface area contributed by atoms with E-state index in [1.54, 1.807) is 14.2 Å². The van der Waals surface area contributed by atoms with Gasteiger partial charge in [0.2, 0.25) is 0 Å². The molecular formula is C16H22N4O2S. The molecule has 2 rings (SSSR count). The average molecular weight is 334 g/mol. The van der Waals surface area contributed by atoms with E-state index in [9.17, 15) is 0 Å². The molecule has 124 valence electrons. The van der Waals surface area contributed by atoms with Crippen molar-refractivity contribution >= 4 is 23.0 Å². The summed E-state index contributed by atoms with van der Waals surface area (Å²) in [6.45, 7) is 3.68. The second-order valence-electron chi connectivity index (χ2n) is 5.03. The van der Waals surface area contributed by atoms with Crippen LogP contribution in [-0.2, 0) is 6.54 Å². The van der Waals surface area contributed by atoms with Gasteiger partial charge in [-0.25, -0.2) is 0 Å². The smallest absolute Gasteiger partial charge is 0.170 e. The zero-order valence-corrected chi connectivity index (χ0v) is 14.4. The molecule has 1 aromatic carbocycles. The van der Waals surface area contributed by atoms with Crippen LogP contribution in [0.1, 0.15) is 12.1 Å². The van der Waals surface area contributed by atoms with Crippen molar-refractivity contribution < 1.29 is 9.47 Å². The summed E-state index contributed by atoms with van der Waals surface area (Å²) in [6.07, 6.45) is 2.75. The highest BCUT2D eigenvalue weighted by Gasteiger charge is 2.04. The average Bonchev–Trinajstić information content (AvgIpc) is 2.96. The van der Waals surface area contributed by atoms with Crippen LogP contribution < -0.4 is 20.1 Å². The fourth-order valence-electron chi connectivity index (χ4n) is 2.12. The van der Waals surface area contributed by atoms with Gasteiger partial charge in [-0.1, -0.05) is 0 Å². The van der Waals surface area contributed by atoms with Gasteiger partial charge >= 0.3 is 0 Å². The lowest BCUT2D eigenvalue weighted by Gasteiger charge is -2.13. The Labute approximate surface area is 141 Å². The zero-order chi connectivity index (χ0) is 16.7. The van der Waals surface area contributed by atoms with Crippen molar-refractivity contribution in [2.45, 2.75) is 19.9 Å². The van der Waals surface area contributed by atoms with E-state index in [0.29, 0.717) is 16.6 Å². The molecule has 2 N–H and O–H groups in total. The zero-order valence-electron chi connectivity index (χ0n) is 13.6. The standard InChI is InChI=1S/C16H22N4O2S/c1-12-5-7-18-20(12)8-4-6-17-16(23)19-13-9-14(21-2)11-15(10-13)22-3/h5,7,9-11H,4,6,8H2,1-3H3,(H2,17,19,23). The number of thiocarbonyl (C=S) groups is 1. The largest absolute Gasteiger partial charge is 0.497 e. The predicted octanol–water partition coefficient (Wildman–Crippen LogP) is 2.59. The van der Waals surface area contributed by atoms with E-state index in [4.69, 9.17) is 21.7 Å². The molecule has 0 saturated heterocycles. The SMILES string of the molecule is COc1cc(NC(=S)NCCCn2nccc2C)cc(OC)c1. The number of rotatable bonds is 7. The van der Waals surface area contributed by atoms with Crippen molar-refractivity contribution in [3.63, 3.8) is 0 Å². The molecule has 0 bridgehead atoms. The van der Waals surface area contributed by atoms with Crippen LogP contribution in [0.2, 0.25) is 0 Å². The van der Waals surface area contributed by atoms with Crippen molar-refractivity contribution in [3.8, 4) is 11.5 Å². The molecule has 0 radical (unpaired) electrons. The number of aryl methyl sites for hydroxylation is 2. The Bertz CT molecular complexity index is 635. The van der Waals surface area contributed by atoms with Crippen LogP contribution in [0.15, 0.2) is 30.5 Å². The van der Waals surface area contributed by atoms with E-state index in [0.717, 1.165) is 30.9 Å². The molecule has 7 heteroatoms. The van der Waals surface area contributed by atoms with Crippen LogP contribution in [0.25, 0.3) is 0 Å². The number of ether oxygens (including phenoxy) is 2. The maximum absolute atomic E-state index is 5.31. The summed E-state index contributed by atoms with van der Waals surface area (Å²) in [7, 11) is 3.23. The van der Waals surface area contributed by atoms with Crippen molar-refractivity contribution in [3.05, 3.63) is 36.2 Å². The van der Waals surface area contributed by atoms with Gasteiger partial charge in [0, 0.05) is 48.9 Å². The van der Waals surface area contributed by atoms with Gasteiger partial charge < -0.3 is 20.1 Å². The van der Waals surface area contributed by atoms with Gasteiger partial charge in [0.1, 0.15) is 11.5 Å². The van der Waals surface area contributed by atoms with Gasteiger partial charge in [0.15, 0.2) is 5.11 Å². The first-order valence-corrected chi connectivity index (χ1v) is 7.79. The number of aromatic nitrogens is 2. The molecule has 2 aromatic rings. The third-order valence-corrected chi connectivity index (χ3v) is 3.62. The summed E-state index contributed by atoms with van der Waals surface area (Å²) in [4.78, 5) is 0. The molecule has 0 atom stereocenters. The van der Waals surface area contributed by atoms with Crippen LogP contribution in [0.4, 0.5) is 5.69 Å². The van der Waals surface area contributed by atoms with E-state index < -0.39 is 0 Å². The second-order valence-corrected chi connectivity index (χ2v) is 5.44. The second kappa shape index (κ2) is 8.38. The Morgan fingerprint density at radius 1 is 1.22 bits per heavy atom. The van der Waals surface area contributed by atoms with Crippen LogP contribution in [0.3, 0.4) is 0 Å². The van der Waals surface area contributed by atoms with E-state index >= 15 is 0 Å². The Kier molecular flexibility index (Phi) is 6.22. The highest BCUT2D eigenvalue weighted by Crippen LogP contribution is 2.25. The topological polar surface area (TPSA) is 60.3 Å². The third-order valence-electron chi connectivity index (χ3n) is 3.37. The summed E-state index contributed by atoms with van der Waals surface area (Å²) in [5.74, 6) is 1.42. The fraction of sp³-hybridized carbons (Fsp3) is 0.375. The molecule has 0 fully saturated rings. The van der Waals surface area contributed by atoms with Gasteiger partial charge in [-0.05, 0) is 31.6 Å². The molecule has 6 nitrogen and oxygen atoms in total. The first kappa shape index (κ1) is 17.1. The minimum absolute atomic E-state index is 0.567. The normalized spacial score (nSPS) is 10.2. The Morgan fingerprint density at radius 2 is 1.91 bits per heavy atom. The summed E-state index contributed by atoms with van der Waals surface area (Å²) in [5.41, 5.74) is 1.98. The molecular weight excluding hydrogens is 312 g/mol. The Balaban J connectivity index is 1.79. The van der Waals surface area contributed by atoms with E-state index in [1.165, 1.54) is 0 Å². The molecule has 0 aliphatic carbocycles. The van der Waals surface area contributed by atoms with Crippen LogP contribution in [0, 0.1) is 6.92 Å². The molecule has 1 heterocycles. The summed E-state index contributed by atoms with van der Waals surface area (Å²) in [6, 6.07) is 7.54. The van der Waals surface area contributed by atoms with Gasteiger partial charge in [-0.3, -0.25) is 4.68 Å². The molecule has 0 aliphatic heterocycles. The maximum atomic E-state index is 5.31. The minimum atomic E-state index is 0.567. The number of anilines is 1. The van der Waals surface area contributed by atoms with E-state index in [2.05, 4.69) is 15.7 Å². The number of nitrogens with zero attached hydrogens (tertiary/aromatic N) is 2. The summed E-state index contributed by atoms with van der Waals surface area (Å²) in [5, 5.41) is 11.1. The predicted molar refractivity (Wildman–Crippen MR) is 95.4 cm³/mol. The third kappa shape index (κ3) is 5.14. The minimum Gasteiger partial charge on any atom is -0.497 e. The fourth-order valence-corrected chi connectivity index (χ4v) is 2.34. The van der Waals surface area contributed by atoms with Crippen molar-refractivity contribution in [1.82, 2.24) is 15.1 Å². The number of benzene rings is 1. The Hall–Kier alpha value is -2.28. The van der Waals surface area contributed by atoms with Crippen LogP contribution >= 0.6 is 12.2 Å².